The molecule has 0 saturated carbocycles. The standard InChI is InChI=1S/C33H32Cl3N3O4S/c1-3-37-33(41)31(19-24-11-6-4-7-12-24)38(21-25-17-18-26(34)20-29(25)36)32(40)22-39(30-16-10-15-28(35)23(30)2)44(42,43)27-13-8-5-9-14-27/h4-18,20,31H,3,19,21-22H2,1-2H3,(H,37,41)/t31-/m0/s1. The number of nitrogens with one attached hydrogen (secondary N) is 1. The number of amides is 2. The molecule has 0 radical (unpaired) electrons. The molecule has 0 aliphatic carbocycles. The van der Waals surface area contributed by atoms with Crippen molar-refractivity contribution < 1.29 is 18.0 Å². The Morgan fingerprint density at radius 1 is 0.841 bits per heavy atom. The Bertz CT molecular complexity index is 1720. The number of halogens is 3. The number of hydrogen-bond acceptors (Lipinski definition) is 4. The van der Waals surface area contributed by atoms with Gasteiger partial charge >= 0.3 is 0 Å². The number of rotatable bonds is 12. The smallest absolute Gasteiger partial charge is 0.264 e. The molecule has 4 aromatic carbocycles. The molecular formula is C33H32Cl3N3O4S. The van der Waals surface area contributed by atoms with Crippen LogP contribution in [0.25, 0.3) is 0 Å². The zero-order valence-electron chi connectivity index (χ0n) is 24.2. The van der Waals surface area contributed by atoms with Gasteiger partial charge in [-0.2, -0.15) is 0 Å². The van der Waals surface area contributed by atoms with Crippen LogP contribution in [0.3, 0.4) is 0 Å². The maximum absolute atomic E-state index is 14.5. The van der Waals surface area contributed by atoms with Gasteiger partial charge in [0.05, 0.1) is 10.6 Å². The van der Waals surface area contributed by atoms with Gasteiger partial charge in [0.25, 0.3) is 10.0 Å². The summed E-state index contributed by atoms with van der Waals surface area (Å²) in [5.74, 6) is -0.992. The van der Waals surface area contributed by atoms with E-state index >= 15 is 0 Å². The van der Waals surface area contributed by atoms with Crippen LogP contribution in [-0.2, 0) is 32.6 Å². The molecule has 230 valence electrons. The predicted molar refractivity (Wildman–Crippen MR) is 177 cm³/mol. The quantitative estimate of drug-likeness (QED) is 0.177. The van der Waals surface area contributed by atoms with Gasteiger partial charge in [-0.3, -0.25) is 13.9 Å². The highest BCUT2D eigenvalue weighted by Crippen LogP contribution is 2.32. The number of likely N-dealkylation sites (N-methyl/N-ethyl adjacent to an activating group) is 1. The maximum Gasteiger partial charge on any atom is 0.264 e. The van der Waals surface area contributed by atoms with Gasteiger partial charge in [0.1, 0.15) is 12.6 Å². The summed E-state index contributed by atoms with van der Waals surface area (Å²) in [6.45, 7) is 3.14. The minimum Gasteiger partial charge on any atom is -0.355 e. The van der Waals surface area contributed by atoms with Gasteiger partial charge in [-0.1, -0.05) is 95.5 Å². The molecule has 0 spiro atoms. The van der Waals surface area contributed by atoms with E-state index in [1.54, 1.807) is 68.4 Å². The molecule has 11 heteroatoms. The van der Waals surface area contributed by atoms with Gasteiger partial charge in [0.2, 0.25) is 11.8 Å². The first-order chi connectivity index (χ1) is 21.0. The van der Waals surface area contributed by atoms with Crippen molar-refractivity contribution in [3.63, 3.8) is 0 Å². The number of carbonyl (C=O) groups is 2. The molecular weight excluding hydrogens is 641 g/mol. The normalized spacial score (nSPS) is 11.9. The minimum absolute atomic E-state index is 0.00373. The average molecular weight is 673 g/mol. The molecule has 0 saturated heterocycles. The molecule has 1 N–H and O–H groups in total. The average Bonchev–Trinajstić information content (AvgIpc) is 3.01. The molecule has 0 aliphatic rings. The van der Waals surface area contributed by atoms with Crippen molar-refractivity contribution in [3.05, 3.63) is 129 Å². The van der Waals surface area contributed by atoms with E-state index in [2.05, 4.69) is 5.32 Å². The molecule has 4 rings (SSSR count). The van der Waals surface area contributed by atoms with E-state index < -0.39 is 28.5 Å². The van der Waals surface area contributed by atoms with Crippen LogP contribution in [0.5, 0.6) is 0 Å². The van der Waals surface area contributed by atoms with E-state index in [4.69, 9.17) is 34.8 Å². The fourth-order valence-electron chi connectivity index (χ4n) is 4.78. The van der Waals surface area contributed by atoms with Gasteiger partial charge in [-0.25, -0.2) is 8.42 Å². The van der Waals surface area contributed by atoms with Crippen LogP contribution < -0.4 is 9.62 Å². The molecule has 0 aliphatic heterocycles. The van der Waals surface area contributed by atoms with Crippen LogP contribution >= 0.6 is 34.8 Å². The first kappa shape index (κ1) is 33.3. The number of hydrogen-bond donors (Lipinski definition) is 1. The van der Waals surface area contributed by atoms with Gasteiger partial charge in [0, 0.05) is 34.6 Å². The largest absolute Gasteiger partial charge is 0.355 e. The van der Waals surface area contributed by atoms with Crippen molar-refractivity contribution in [2.45, 2.75) is 37.8 Å². The first-order valence-electron chi connectivity index (χ1n) is 13.9. The molecule has 0 heterocycles. The summed E-state index contributed by atoms with van der Waals surface area (Å²) < 4.78 is 29.2. The van der Waals surface area contributed by atoms with Crippen LogP contribution in [0.4, 0.5) is 5.69 Å². The second kappa shape index (κ2) is 14.9. The van der Waals surface area contributed by atoms with E-state index in [1.165, 1.54) is 17.0 Å². The Hall–Kier alpha value is -3.56. The van der Waals surface area contributed by atoms with Crippen LogP contribution in [0.2, 0.25) is 15.1 Å². The minimum atomic E-state index is -4.24. The topological polar surface area (TPSA) is 86.8 Å². The number of nitrogens with zero attached hydrogens (tertiary/aromatic N) is 2. The first-order valence-corrected chi connectivity index (χ1v) is 16.5. The number of benzene rings is 4. The summed E-state index contributed by atoms with van der Waals surface area (Å²) in [5, 5.41) is 3.90. The Morgan fingerprint density at radius 2 is 1.50 bits per heavy atom. The van der Waals surface area contributed by atoms with Crippen LogP contribution in [0.15, 0.2) is 102 Å². The number of anilines is 1. The van der Waals surface area contributed by atoms with Crippen LogP contribution in [0.1, 0.15) is 23.6 Å². The third kappa shape index (κ3) is 7.93. The fraction of sp³-hybridized carbons (Fsp3) is 0.212. The Kier molecular flexibility index (Phi) is 11.3. The second-order valence-corrected chi connectivity index (χ2v) is 13.2. The van der Waals surface area contributed by atoms with Crippen molar-refractivity contribution in [3.8, 4) is 0 Å². The summed E-state index contributed by atoms with van der Waals surface area (Å²) in [5.41, 5.74) is 2.10. The summed E-state index contributed by atoms with van der Waals surface area (Å²) >= 11 is 19.1. The zero-order valence-corrected chi connectivity index (χ0v) is 27.3. The zero-order chi connectivity index (χ0) is 31.9. The molecule has 44 heavy (non-hydrogen) atoms. The van der Waals surface area contributed by atoms with E-state index in [0.717, 1.165) is 9.87 Å². The summed E-state index contributed by atoms with van der Waals surface area (Å²) in [6.07, 6.45) is 0.186. The predicted octanol–water partition coefficient (Wildman–Crippen LogP) is 6.93. The second-order valence-electron chi connectivity index (χ2n) is 10.1. The monoisotopic (exact) mass is 671 g/mol. The summed E-state index contributed by atoms with van der Waals surface area (Å²) in [6, 6.07) is 25.9. The van der Waals surface area contributed by atoms with Gasteiger partial charge in [-0.05, 0) is 66.9 Å². The Morgan fingerprint density at radius 3 is 2.14 bits per heavy atom. The Labute approximate surface area is 273 Å². The van der Waals surface area contributed by atoms with Crippen LogP contribution in [-0.4, -0.2) is 44.3 Å². The van der Waals surface area contributed by atoms with E-state index in [9.17, 15) is 18.0 Å². The van der Waals surface area contributed by atoms with Crippen molar-refractivity contribution in [2.24, 2.45) is 0 Å². The highest BCUT2D eigenvalue weighted by Gasteiger charge is 2.35. The highest BCUT2D eigenvalue weighted by molar-refractivity contribution is 7.92. The Balaban J connectivity index is 1.84. The molecule has 0 unspecified atom stereocenters. The van der Waals surface area contributed by atoms with Gasteiger partial charge in [-0.15, -0.1) is 0 Å². The molecule has 4 aromatic rings. The third-order valence-corrected chi connectivity index (χ3v) is 9.87. The molecule has 7 nitrogen and oxygen atoms in total. The SMILES string of the molecule is CCNC(=O)[C@H](Cc1ccccc1)N(Cc1ccc(Cl)cc1Cl)C(=O)CN(c1cccc(Cl)c1C)S(=O)(=O)c1ccccc1. The van der Waals surface area contributed by atoms with Crippen molar-refractivity contribution in [1.82, 2.24) is 10.2 Å². The number of sulfonamides is 1. The molecule has 0 bridgehead atoms. The molecule has 0 aromatic heterocycles. The van der Waals surface area contributed by atoms with Gasteiger partial charge in [0.15, 0.2) is 0 Å². The molecule has 1 atom stereocenters. The lowest BCUT2D eigenvalue weighted by Gasteiger charge is -2.34. The van der Waals surface area contributed by atoms with E-state index in [-0.39, 0.29) is 29.5 Å². The van der Waals surface area contributed by atoms with Crippen molar-refractivity contribution in [1.29, 1.82) is 0 Å². The lowest BCUT2D eigenvalue weighted by molar-refractivity contribution is -0.140. The summed E-state index contributed by atoms with van der Waals surface area (Å²) in [4.78, 5) is 29.4. The van der Waals surface area contributed by atoms with Crippen molar-refractivity contribution >= 4 is 62.3 Å². The fourth-order valence-corrected chi connectivity index (χ4v) is 6.91. The van der Waals surface area contributed by atoms with Crippen molar-refractivity contribution in [2.75, 3.05) is 17.4 Å². The lowest BCUT2D eigenvalue weighted by Crippen LogP contribution is -2.53. The van der Waals surface area contributed by atoms with E-state index in [0.29, 0.717) is 32.7 Å². The lowest BCUT2D eigenvalue weighted by atomic mass is 10.0. The maximum atomic E-state index is 14.5. The number of carbonyl (C=O) groups excluding carboxylic acids is 2. The molecule has 0 fully saturated rings. The van der Waals surface area contributed by atoms with Gasteiger partial charge < -0.3 is 10.2 Å². The van der Waals surface area contributed by atoms with E-state index in [1.807, 2.05) is 30.3 Å². The third-order valence-electron chi connectivity index (χ3n) is 7.10. The van der Waals surface area contributed by atoms with Crippen LogP contribution in [0, 0.1) is 6.92 Å². The summed E-state index contributed by atoms with van der Waals surface area (Å²) in [7, 11) is -4.24. The highest BCUT2D eigenvalue weighted by atomic mass is 35.5. The molecule has 2 amide bonds.